The molecule has 1 amide bonds. The summed E-state index contributed by atoms with van der Waals surface area (Å²) in [4.78, 5) is 17.7. The summed E-state index contributed by atoms with van der Waals surface area (Å²) >= 11 is 0. The van der Waals surface area contributed by atoms with Crippen molar-refractivity contribution in [3.63, 3.8) is 0 Å². The standard InChI is InChI=1S/C11H16N4O3S/c12-14-9-2-3-10(13-8-9)11(16)15-4-1-6-19(17,18)7-5-15/h2-3,8,14H,1,4-7,12H2. The molecule has 1 aromatic rings. The van der Waals surface area contributed by atoms with Gasteiger partial charge in [0.1, 0.15) is 5.69 Å². The molecule has 7 nitrogen and oxygen atoms in total. The summed E-state index contributed by atoms with van der Waals surface area (Å²) in [6, 6.07) is 3.21. The number of nitrogens with one attached hydrogen (secondary N) is 1. The van der Waals surface area contributed by atoms with Crippen molar-refractivity contribution in [2.45, 2.75) is 6.42 Å². The van der Waals surface area contributed by atoms with Crippen LogP contribution in [0.15, 0.2) is 18.3 Å². The number of nitrogen functional groups attached to an aromatic ring is 1. The van der Waals surface area contributed by atoms with E-state index in [1.165, 1.54) is 11.1 Å². The highest BCUT2D eigenvalue weighted by Crippen LogP contribution is 2.10. The maximum Gasteiger partial charge on any atom is 0.272 e. The molecule has 0 radical (unpaired) electrons. The molecule has 1 aliphatic heterocycles. The Kier molecular flexibility index (Phi) is 4.01. The van der Waals surface area contributed by atoms with Gasteiger partial charge in [-0.3, -0.25) is 10.6 Å². The Morgan fingerprint density at radius 3 is 2.74 bits per heavy atom. The van der Waals surface area contributed by atoms with Crippen LogP contribution in [0.4, 0.5) is 5.69 Å². The van der Waals surface area contributed by atoms with Crippen LogP contribution in [0.2, 0.25) is 0 Å². The number of hydrogen-bond donors (Lipinski definition) is 2. The second kappa shape index (κ2) is 5.54. The first-order chi connectivity index (χ1) is 9.02. The van der Waals surface area contributed by atoms with E-state index in [4.69, 9.17) is 5.84 Å². The highest BCUT2D eigenvalue weighted by atomic mass is 32.2. The van der Waals surface area contributed by atoms with Gasteiger partial charge in [-0.2, -0.15) is 0 Å². The van der Waals surface area contributed by atoms with Crippen molar-refractivity contribution in [1.29, 1.82) is 0 Å². The van der Waals surface area contributed by atoms with Crippen molar-refractivity contribution >= 4 is 21.4 Å². The quantitative estimate of drug-likeness (QED) is 0.567. The summed E-state index contributed by atoms with van der Waals surface area (Å²) in [6.45, 7) is 0.663. The van der Waals surface area contributed by atoms with E-state index in [0.29, 0.717) is 24.3 Å². The second-order valence-corrected chi connectivity index (χ2v) is 6.68. The molecule has 0 bridgehead atoms. The number of pyridine rings is 1. The predicted octanol–water partition coefficient (Wildman–Crippen LogP) is -0.372. The van der Waals surface area contributed by atoms with Gasteiger partial charge in [0.15, 0.2) is 9.84 Å². The molecule has 0 aromatic carbocycles. The maximum atomic E-state index is 12.2. The van der Waals surface area contributed by atoms with Crippen LogP contribution in [-0.4, -0.2) is 48.8 Å². The number of hydrazine groups is 1. The van der Waals surface area contributed by atoms with E-state index in [1.807, 2.05) is 0 Å². The van der Waals surface area contributed by atoms with Crippen molar-refractivity contribution in [3.8, 4) is 0 Å². The van der Waals surface area contributed by atoms with E-state index in [2.05, 4.69) is 10.4 Å². The van der Waals surface area contributed by atoms with Gasteiger partial charge in [0, 0.05) is 13.1 Å². The zero-order valence-electron chi connectivity index (χ0n) is 10.4. The van der Waals surface area contributed by atoms with E-state index in [-0.39, 0.29) is 24.0 Å². The molecule has 2 rings (SSSR count). The van der Waals surface area contributed by atoms with Crippen LogP contribution < -0.4 is 11.3 Å². The molecule has 0 saturated carbocycles. The van der Waals surface area contributed by atoms with Crippen LogP contribution in [0.1, 0.15) is 16.9 Å². The lowest BCUT2D eigenvalue weighted by atomic mass is 10.3. The number of sulfone groups is 1. The number of carbonyl (C=O) groups is 1. The SMILES string of the molecule is NNc1ccc(C(=O)N2CCCS(=O)(=O)CC2)nc1. The van der Waals surface area contributed by atoms with E-state index < -0.39 is 9.84 Å². The summed E-state index contributed by atoms with van der Waals surface area (Å²) in [7, 11) is -3.02. The zero-order valence-corrected chi connectivity index (χ0v) is 11.2. The van der Waals surface area contributed by atoms with Gasteiger partial charge in [-0.15, -0.1) is 0 Å². The number of nitrogens with two attached hydrogens (primary N) is 1. The molecule has 104 valence electrons. The van der Waals surface area contributed by atoms with E-state index in [0.717, 1.165) is 0 Å². The normalized spacial score (nSPS) is 18.7. The molecule has 19 heavy (non-hydrogen) atoms. The summed E-state index contributed by atoms with van der Waals surface area (Å²) in [5.74, 6) is 5.12. The third-order valence-electron chi connectivity index (χ3n) is 2.99. The largest absolute Gasteiger partial charge is 0.336 e. The fraction of sp³-hybridized carbons (Fsp3) is 0.455. The van der Waals surface area contributed by atoms with Crippen LogP contribution in [0.5, 0.6) is 0 Å². The third kappa shape index (κ3) is 3.42. The zero-order chi connectivity index (χ0) is 13.9. The van der Waals surface area contributed by atoms with Crippen molar-refractivity contribution in [2.24, 2.45) is 5.84 Å². The number of rotatable bonds is 2. The number of nitrogens with zero attached hydrogens (tertiary/aromatic N) is 2. The Balaban J connectivity index is 2.10. The third-order valence-corrected chi connectivity index (χ3v) is 4.71. The number of aromatic nitrogens is 1. The Morgan fingerprint density at radius 1 is 1.32 bits per heavy atom. The minimum Gasteiger partial charge on any atom is -0.336 e. The molecular formula is C11H16N4O3S. The first-order valence-corrected chi connectivity index (χ1v) is 7.76. The summed E-state index contributed by atoms with van der Waals surface area (Å²) in [5, 5.41) is 0. The first-order valence-electron chi connectivity index (χ1n) is 5.94. The van der Waals surface area contributed by atoms with Gasteiger partial charge in [0.05, 0.1) is 23.4 Å². The van der Waals surface area contributed by atoms with Crippen molar-refractivity contribution < 1.29 is 13.2 Å². The van der Waals surface area contributed by atoms with Gasteiger partial charge < -0.3 is 10.3 Å². The van der Waals surface area contributed by atoms with Crippen LogP contribution in [0.25, 0.3) is 0 Å². The van der Waals surface area contributed by atoms with Crippen molar-refractivity contribution in [2.75, 3.05) is 30.0 Å². The average molecular weight is 284 g/mol. The van der Waals surface area contributed by atoms with E-state index in [9.17, 15) is 13.2 Å². The van der Waals surface area contributed by atoms with Crippen LogP contribution in [-0.2, 0) is 9.84 Å². The predicted molar refractivity (Wildman–Crippen MR) is 71.2 cm³/mol. The number of anilines is 1. The lowest BCUT2D eigenvalue weighted by Crippen LogP contribution is -2.34. The van der Waals surface area contributed by atoms with Crippen LogP contribution >= 0.6 is 0 Å². The minimum absolute atomic E-state index is 0.0151. The van der Waals surface area contributed by atoms with Gasteiger partial charge >= 0.3 is 0 Å². The topological polar surface area (TPSA) is 105 Å². The molecule has 0 spiro atoms. The molecule has 0 atom stereocenters. The van der Waals surface area contributed by atoms with Gasteiger partial charge in [0.2, 0.25) is 0 Å². The molecule has 0 aliphatic carbocycles. The highest BCUT2D eigenvalue weighted by molar-refractivity contribution is 7.91. The average Bonchev–Trinajstić information content (AvgIpc) is 2.59. The van der Waals surface area contributed by atoms with Gasteiger partial charge in [0.25, 0.3) is 5.91 Å². The second-order valence-electron chi connectivity index (χ2n) is 4.37. The molecule has 2 heterocycles. The Morgan fingerprint density at radius 2 is 2.11 bits per heavy atom. The first kappa shape index (κ1) is 13.8. The van der Waals surface area contributed by atoms with Gasteiger partial charge in [-0.1, -0.05) is 0 Å². The highest BCUT2D eigenvalue weighted by Gasteiger charge is 2.23. The molecular weight excluding hydrogens is 268 g/mol. The summed E-state index contributed by atoms with van der Waals surface area (Å²) < 4.78 is 23.0. The van der Waals surface area contributed by atoms with E-state index >= 15 is 0 Å². The number of carbonyl (C=O) groups excluding carboxylic acids is 1. The fourth-order valence-electron chi connectivity index (χ4n) is 1.91. The van der Waals surface area contributed by atoms with Crippen LogP contribution in [0, 0.1) is 0 Å². The fourth-order valence-corrected chi connectivity index (χ4v) is 3.18. The molecule has 8 heteroatoms. The van der Waals surface area contributed by atoms with E-state index in [1.54, 1.807) is 12.1 Å². The Bertz CT molecular complexity index is 556. The smallest absolute Gasteiger partial charge is 0.272 e. The maximum absolute atomic E-state index is 12.2. The number of amides is 1. The molecule has 1 saturated heterocycles. The van der Waals surface area contributed by atoms with Crippen molar-refractivity contribution in [1.82, 2.24) is 9.88 Å². The van der Waals surface area contributed by atoms with Gasteiger partial charge in [-0.05, 0) is 18.6 Å². The Labute approximate surface area is 111 Å². The lowest BCUT2D eigenvalue weighted by Gasteiger charge is -2.19. The molecule has 1 aromatic heterocycles. The summed E-state index contributed by atoms with van der Waals surface area (Å²) in [6.07, 6.45) is 1.93. The Hall–Kier alpha value is -1.67. The van der Waals surface area contributed by atoms with Gasteiger partial charge in [-0.25, -0.2) is 13.4 Å². The van der Waals surface area contributed by atoms with Crippen molar-refractivity contribution in [3.05, 3.63) is 24.0 Å². The molecule has 1 aliphatic rings. The number of hydrogen-bond acceptors (Lipinski definition) is 6. The molecule has 3 N–H and O–H groups in total. The van der Waals surface area contributed by atoms with Crippen LogP contribution in [0.3, 0.4) is 0 Å². The summed E-state index contributed by atoms with van der Waals surface area (Å²) in [5.41, 5.74) is 3.32. The lowest BCUT2D eigenvalue weighted by molar-refractivity contribution is 0.0762. The minimum atomic E-state index is -3.02. The molecule has 0 unspecified atom stereocenters. The monoisotopic (exact) mass is 284 g/mol. The molecule has 1 fully saturated rings.